The molecule has 0 aliphatic heterocycles. The van der Waals surface area contributed by atoms with Crippen LogP contribution in [0.1, 0.15) is 61.6 Å². The Morgan fingerprint density at radius 1 is 0.892 bits per heavy atom. The quantitative estimate of drug-likeness (QED) is 0.211. The van der Waals surface area contributed by atoms with E-state index in [2.05, 4.69) is 79.7 Å². The van der Waals surface area contributed by atoms with Gasteiger partial charge >= 0.3 is 0 Å². The molecular weight excluding hydrogens is 486 g/mol. The minimum Gasteiger partial charge on any atom is -0.507 e. The number of fused-ring (bicyclic) bond motifs is 1. The van der Waals surface area contributed by atoms with Crippen molar-refractivity contribution >= 4 is 27.1 Å². The first-order chi connectivity index (χ1) is 18.1. The van der Waals surface area contributed by atoms with E-state index in [1.807, 2.05) is 0 Å². The summed E-state index contributed by atoms with van der Waals surface area (Å²) in [6.45, 7) is 2.26. The van der Waals surface area contributed by atoms with Gasteiger partial charge in [-0.15, -0.1) is 0 Å². The molecule has 7 atom stereocenters. The third-order valence-corrected chi connectivity index (χ3v) is 14.6. The van der Waals surface area contributed by atoms with Gasteiger partial charge in [0.1, 0.15) is 5.75 Å². The van der Waals surface area contributed by atoms with E-state index in [1.54, 1.807) is 0 Å². The van der Waals surface area contributed by atoms with Crippen molar-refractivity contribution in [3.05, 3.63) is 89.5 Å². The van der Waals surface area contributed by atoms with E-state index < -0.39 is 0 Å². The fourth-order valence-corrected chi connectivity index (χ4v) is 12.9. The van der Waals surface area contributed by atoms with Crippen molar-refractivity contribution in [2.45, 2.75) is 63.4 Å². The van der Waals surface area contributed by atoms with Crippen LogP contribution >= 0.6 is 16.5 Å². The van der Waals surface area contributed by atoms with Gasteiger partial charge in [0, 0.05) is 17.1 Å². The summed E-state index contributed by atoms with van der Waals surface area (Å²) in [4.78, 5) is 0. The van der Waals surface area contributed by atoms with Gasteiger partial charge in [-0.2, -0.15) is 0 Å². The molecule has 4 saturated carbocycles. The molecule has 192 valence electrons. The summed E-state index contributed by atoms with van der Waals surface area (Å²) in [5.74, 6) is 3.49. The van der Waals surface area contributed by atoms with Crippen LogP contribution in [0.15, 0.2) is 72.8 Å². The molecule has 0 amide bonds. The zero-order valence-electron chi connectivity index (χ0n) is 22.1. The van der Waals surface area contributed by atoms with E-state index in [1.165, 1.54) is 84.6 Å². The average molecular weight is 527 g/mol. The van der Waals surface area contributed by atoms with Gasteiger partial charge in [0.05, 0.1) is 0 Å². The summed E-state index contributed by atoms with van der Waals surface area (Å²) in [5, 5.41) is 14.8. The molecule has 4 fully saturated rings. The number of rotatable bonds is 10. The number of unbranched alkanes of at least 4 members (excludes halogenated alkanes) is 1. The highest BCUT2D eigenvalue weighted by molar-refractivity contribution is 7.64. The van der Waals surface area contributed by atoms with Crippen LogP contribution < -0.4 is 10.6 Å². The average Bonchev–Trinajstić information content (AvgIpc) is 3.41. The molecule has 2 bridgehead atoms. The molecule has 1 spiro atoms. The molecule has 0 saturated heterocycles. The van der Waals surface area contributed by atoms with Crippen molar-refractivity contribution in [2.75, 3.05) is 12.3 Å². The second kappa shape index (κ2) is 9.50. The Morgan fingerprint density at radius 2 is 1.68 bits per heavy atom. The topological polar surface area (TPSA) is 20.2 Å². The number of hydrogen-bond donors (Lipinski definition) is 1. The number of aryl methyl sites for hydroxylation is 1. The van der Waals surface area contributed by atoms with Crippen molar-refractivity contribution in [1.82, 2.24) is 0 Å². The van der Waals surface area contributed by atoms with Crippen LogP contribution in [0.3, 0.4) is 0 Å². The predicted octanol–water partition coefficient (Wildman–Crippen LogP) is 7.87. The molecule has 3 heteroatoms. The smallest absolute Gasteiger partial charge is 0.122 e. The van der Waals surface area contributed by atoms with Gasteiger partial charge in [0.25, 0.3) is 0 Å². The summed E-state index contributed by atoms with van der Waals surface area (Å²) in [7, 11) is 0.584. The minimum absolute atomic E-state index is 0.294. The Kier molecular flexibility index (Phi) is 6.26. The number of benzene rings is 3. The Labute approximate surface area is 226 Å². The van der Waals surface area contributed by atoms with Crippen LogP contribution in [0, 0.1) is 30.1 Å². The van der Waals surface area contributed by atoms with Crippen LogP contribution in [0.4, 0.5) is 0 Å². The lowest BCUT2D eigenvalue weighted by molar-refractivity contribution is -0.199. The van der Waals surface area contributed by atoms with Crippen LogP contribution in [-0.2, 0) is 11.6 Å². The zero-order valence-corrected chi connectivity index (χ0v) is 24.0. The lowest BCUT2D eigenvalue weighted by atomic mass is 9.30. The summed E-state index contributed by atoms with van der Waals surface area (Å²) in [6, 6.07) is 26.8. The number of phenolic OH excluding ortho intramolecular Hbond substituents is 1. The summed E-state index contributed by atoms with van der Waals surface area (Å²) in [5.41, 5.74) is 4.77. The second-order valence-corrected chi connectivity index (χ2v) is 16.3. The second-order valence-electron chi connectivity index (χ2n) is 12.5. The number of phenols is 1. The first-order valence-electron chi connectivity index (χ1n) is 14.5. The minimum atomic E-state index is -0.330. The maximum absolute atomic E-state index is 11.9. The van der Waals surface area contributed by atoms with Crippen LogP contribution in [0.5, 0.6) is 5.75 Å². The molecule has 4 aliphatic rings. The summed E-state index contributed by atoms with van der Waals surface area (Å²) < 4.78 is 0. The van der Waals surface area contributed by atoms with E-state index in [0.29, 0.717) is 16.6 Å². The molecule has 0 heterocycles. The lowest BCUT2D eigenvalue weighted by Crippen LogP contribution is -2.68. The third kappa shape index (κ3) is 3.86. The normalized spacial score (nSPS) is 31.8. The van der Waals surface area contributed by atoms with Gasteiger partial charge in [-0.25, -0.2) is 0 Å². The van der Waals surface area contributed by atoms with Crippen molar-refractivity contribution in [3.63, 3.8) is 0 Å². The molecule has 1 N–H and O–H groups in total. The van der Waals surface area contributed by atoms with Crippen LogP contribution in [0.25, 0.3) is 0 Å². The van der Waals surface area contributed by atoms with Crippen molar-refractivity contribution in [1.29, 1.82) is 0 Å². The third-order valence-electron chi connectivity index (χ3n) is 10.7. The SMILES string of the molecule is Cc1cc(C[P@@](CCCCPc2ccccc2)c2ccccc2)c(O)c(C23CC4CC5CC(C2)C53C4)c1. The molecule has 0 radical (unpaired) electrons. The first-order valence-corrected chi connectivity index (χ1v) is 17.4. The van der Waals surface area contributed by atoms with E-state index in [0.717, 1.165) is 32.5 Å². The highest BCUT2D eigenvalue weighted by Gasteiger charge is 2.81. The number of aromatic hydroxyl groups is 1. The van der Waals surface area contributed by atoms with Gasteiger partial charge in [0.15, 0.2) is 0 Å². The fraction of sp³-hybridized carbons (Fsp3) is 0.471. The summed E-state index contributed by atoms with van der Waals surface area (Å²) in [6.07, 6.45) is 13.2. The fourth-order valence-electron chi connectivity index (χ4n) is 9.35. The maximum atomic E-state index is 11.9. The highest BCUT2D eigenvalue weighted by Crippen LogP contribution is 2.87. The maximum Gasteiger partial charge on any atom is 0.122 e. The standard InChI is InChI=1S/C34H40OP2/c1-24-16-26(32(35)31(17-24)33-20-25-18-27-19-28(22-33)34(27,33)21-25)23-37(30-12-6-3-7-13-30)15-9-8-14-36-29-10-4-2-5-11-29/h2-7,10-13,16-17,25,27-28,35-36H,8-9,14-15,18-23H2,1H3/t25?,27?,28?,33?,34?,37-/m1/s1. The molecular formula is C34H40OP2. The number of hydrogen-bond acceptors (Lipinski definition) is 1. The Balaban J connectivity index is 1.10. The van der Waals surface area contributed by atoms with E-state index in [-0.39, 0.29) is 7.92 Å². The van der Waals surface area contributed by atoms with E-state index in [9.17, 15) is 5.11 Å². The van der Waals surface area contributed by atoms with E-state index >= 15 is 0 Å². The molecule has 4 aliphatic carbocycles. The zero-order chi connectivity index (χ0) is 25.0. The van der Waals surface area contributed by atoms with Crippen molar-refractivity contribution in [2.24, 2.45) is 23.2 Å². The van der Waals surface area contributed by atoms with Crippen molar-refractivity contribution < 1.29 is 5.11 Å². The Morgan fingerprint density at radius 3 is 2.43 bits per heavy atom. The molecule has 1 nitrogen and oxygen atoms in total. The summed E-state index contributed by atoms with van der Waals surface area (Å²) >= 11 is 0. The van der Waals surface area contributed by atoms with Crippen LogP contribution in [0.2, 0.25) is 0 Å². The molecule has 3 aromatic carbocycles. The molecule has 7 rings (SSSR count). The molecule has 37 heavy (non-hydrogen) atoms. The van der Waals surface area contributed by atoms with Crippen LogP contribution in [-0.4, -0.2) is 17.4 Å². The van der Waals surface area contributed by atoms with Gasteiger partial charge in [-0.1, -0.05) is 94.9 Å². The monoisotopic (exact) mass is 526 g/mol. The van der Waals surface area contributed by atoms with Gasteiger partial charge in [-0.05, 0) is 104 Å². The van der Waals surface area contributed by atoms with Gasteiger partial charge < -0.3 is 5.11 Å². The molecule has 6 unspecified atom stereocenters. The molecule has 0 aromatic heterocycles. The highest BCUT2D eigenvalue weighted by atomic mass is 31.1. The van der Waals surface area contributed by atoms with Crippen molar-refractivity contribution in [3.8, 4) is 5.75 Å². The first kappa shape index (κ1) is 24.4. The largest absolute Gasteiger partial charge is 0.507 e. The Bertz CT molecular complexity index is 1270. The molecule has 3 aromatic rings. The Hall–Kier alpha value is -1.68. The van der Waals surface area contributed by atoms with E-state index in [4.69, 9.17) is 0 Å². The van der Waals surface area contributed by atoms with Gasteiger partial charge in [0.2, 0.25) is 0 Å². The lowest BCUT2D eigenvalue weighted by Gasteiger charge is -2.73. The van der Waals surface area contributed by atoms with Gasteiger partial charge in [-0.3, -0.25) is 0 Å². The predicted molar refractivity (Wildman–Crippen MR) is 161 cm³/mol.